The molecule has 1 aliphatic heterocycles. The Morgan fingerprint density at radius 1 is 1.00 bits per heavy atom. The number of hydrogen-bond donors (Lipinski definition) is 0. The van der Waals surface area contributed by atoms with E-state index in [1.54, 1.807) is 11.3 Å². The molecule has 5 heteroatoms. The molecule has 3 heterocycles. The lowest BCUT2D eigenvalue weighted by atomic mass is 9.96. The number of likely N-dealkylation sites (tertiary alicyclic amines) is 1. The van der Waals surface area contributed by atoms with Crippen LogP contribution in [0.4, 0.5) is 0 Å². The van der Waals surface area contributed by atoms with Crippen LogP contribution in [-0.2, 0) is 0 Å². The van der Waals surface area contributed by atoms with Crippen LogP contribution in [0.2, 0.25) is 0 Å². The largest absolute Gasteiger partial charge is 0.339 e. The van der Waals surface area contributed by atoms with E-state index in [0.29, 0.717) is 5.92 Å². The summed E-state index contributed by atoms with van der Waals surface area (Å²) in [6.45, 7) is 3.49. The van der Waals surface area contributed by atoms with Crippen molar-refractivity contribution in [1.29, 1.82) is 0 Å². The van der Waals surface area contributed by atoms with Crippen molar-refractivity contribution in [2.24, 2.45) is 0 Å². The summed E-state index contributed by atoms with van der Waals surface area (Å²) in [7, 11) is 0. The summed E-state index contributed by atoms with van der Waals surface area (Å²) in [6.07, 6.45) is 1.93. The number of fused-ring (bicyclic) bond motifs is 2. The molecule has 4 nitrogen and oxygen atoms in total. The quantitative estimate of drug-likeness (QED) is 0.476. The SMILES string of the molecule is Cc1cc(C(=O)N2CCC(c3nc4ccccc4s3)CC2)c2ccccc2n1. The monoisotopic (exact) mass is 387 g/mol. The number of nitrogens with zero attached hydrogens (tertiary/aromatic N) is 3. The smallest absolute Gasteiger partial charge is 0.254 e. The van der Waals surface area contributed by atoms with Crippen LogP contribution in [0, 0.1) is 6.92 Å². The molecule has 1 fully saturated rings. The molecule has 0 bridgehead atoms. The Balaban J connectivity index is 1.36. The summed E-state index contributed by atoms with van der Waals surface area (Å²) in [5.74, 6) is 0.557. The van der Waals surface area contributed by atoms with Gasteiger partial charge in [-0.05, 0) is 44.0 Å². The number of hydrogen-bond acceptors (Lipinski definition) is 4. The van der Waals surface area contributed by atoms with Crippen LogP contribution >= 0.6 is 11.3 Å². The molecule has 0 radical (unpaired) electrons. The van der Waals surface area contributed by atoms with Crippen molar-refractivity contribution in [3.05, 3.63) is 70.9 Å². The molecule has 1 aliphatic rings. The Morgan fingerprint density at radius 2 is 1.71 bits per heavy atom. The number of piperidine rings is 1. The lowest BCUT2D eigenvalue weighted by Gasteiger charge is -2.31. The predicted octanol–water partition coefficient (Wildman–Crippen LogP) is 5.17. The molecule has 1 saturated heterocycles. The van der Waals surface area contributed by atoms with Gasteiger partial charge in [-0.3, -0.25) is 9.78 Å². The van der Waals surface area contributed by atoms with Crippen LogP contribution in [0.15, 0.2) is 54.6 Å². The zero-order chi connectivity index (χ0) is 19.1. The number of benzene rings is 2. The normalized spacial score (nSPS) is 15.4. The van der Waals surface area contributed by atoms with Gasteiger partial charge in [-0.1, -0.05) is 30.3 Å². The van der Waals surface area contributed by atoms with Crippen LogP contribution in [-0.4, -0.2) is 33.9 Å². The number of amides is 1. The number of rotatable bonds is 2. The van der Waals surface area contributed by atoms with Gasteiger partial charge in [0.05, 0.1) is 26.3 Å². The molecule has 5 rings (SSSR count). The van der Waals surface area contributed by atoms with Gasteiger partial charge in [0, 0.05) is 30.1 Å². The van der Waals surface area contributed by atoms with Crippen LogP contribution in [0.1, 0.15) is 39.8 Å². The molecule has 2 aromatic heterocycles. The highest BCUT2D eigenvalue weighted by Crippen LogP contribution is 2.34. The second-order valence-corrected chi connectivity index (χ2v) is 8.48. The number of pyridine rings is 1. The first-order valence-electron chi connectivity index (χ1n) is 9.70. The summed E-state index contributed by atoms with van der Waals surface area (Å²) in [6, 6.07) is 18.1. The fourth-order valence-corrected chi connectivity index (χ4v) is 5.19. The number of para-hydroxylation sites is 2. The maximum Gasteiger partial charge on any atom is 0.254 e. The lowest BCUT2D eigenvalue weighted by Crippen LogP contribution is -2.38. The fourth-order valence-electron chi connectivity index (χ4n) is 4.05. The van der Waals surface area contributed by atoms with Gasteiger partial charge in [0.15, 0.2) is 0 Å². The average Bonchev–Trinajstić information content (AvgIpc) is 3.17. The second kappa shape index (κ2) is 6.99. The second-order valence-electron chi connectivity index (χ2n) is 7.41. The summed E-state index contributed by atoms with van der Waals surface area (Å²) >= 11 is 1.79. The number of thiazole rings is 1. The van der Waals surface area contributed by atoms with Crippen molar-refractivity contribution in [3.63, 3.8) is 0 Å². The van der Waals surface area contributed by atoms with Crippen LogP contribution in [0.5, 0.6) is 0 Å². The van der Waals surface area contributed by atoms with Gasteiger partial charge in [0.2, 0.25) is 0 Å². The molecule has 0 aliphatic carbocycles. The predicted molar refractivity (Wildman–Crippen MR) is 114 cm³/mol. The van der Waals surface area contributed by atoms with Crippen molar-refractivity contribution in [2.75, 3.05) is 13.1 Å². The number of carbonyl (C=O) groups excluding carboxylic acids is 1. The zero-order valence-corrected chi connectivity index (χ0v) is 16.6. The molecule has 28 heavy (non-hydrogen) atoms. The van der Waals surface area contributed by atoms with Gasteiger partial charge >= 0.3 is 0 Å². The Labute approximate surface area is 167 Å². The van der Waals surface area contributed by atoms with Gasteiger partial charge in [-0.2, -0.15) is 0 Å². The summed E-state index contributed by atoms with van der Waals surface area (Å²) in [5, 5.41) is 2.14. The average molecular weight is 388 g/mol. The van der Waals surface area contributed by atoms with Gasteiger partial charge in [0.1, 0.15) is 0 Å². The highest BCUT2D eigenvalue weighted by Gasteiger charge is 2.27. The molecule has 0 spiro atoms. The van der Waals surface area contributed by atoms with E-state index in [2.05, 4.69) is 23.2 Å². The molecular formula is C23H21N3OS. The van der Waals surface area contributed by atoms with E-state index in [-0.39, 0.29) is 5.91 Å². The molecule has 0 unspecified atom stereocenters. The maximum absolute atomic E-state index is 13.2. The third-order valence-electron chi connectivity index (χ3n) is 5.52. The number of carbonyl (C=O) groups is 1. The van der Waals surface area contributed by atoms with Crippen molar-refractivity contribution < 1.29 is 4.79 Å². The number of aromatic nitrogens is 2. The van der Waals surface area contributed by atoms with Gasteiger partial charge in [-0.25, -0.2) is 4.98 Å². The molecule has 1 amide bonds. The molecule has 0 N–H and O–H groups in total. The Morgan fingerprint density at radius 3 is 2.50 bits per heavy atom. The Hall–Kier alpha value is -2.79. The summed E-state index contributed by atoms with van der Waals surface area (Å²) in [5.41, 5.74) is 3.61. The van der Waals surface area contributed by atoms with Crippen molar-refractivity contribution in [1.82, 2.24) is 14.9 Å². The third kappa shape index (κ3) is 3.06. The van der Waals surface area contributed by atoms with Crippen molar-refractivity contribution >= 4 is 38.4 Å². The van der Waals surface area contributed by atoms with E-state index in [4.69, 9.17) is 4.98 Å². The van der Waals surface area contributed by atoms with E-state index in [9.17, 15) is 4.79 Å². The van der Waals surface area contributed by atoms with Crippen molar-refractivity contribution in [3.8, 4) is 0 Å². The first-order valence-corrected chi connectivity index (χ1v) is 10.5. The van der Waals surface area contributed by atoms with E-state index in [0.717, 1.165) is 53.6 Å². The van der Waals surface area contributed by atoms with Gasteiger partial charge in [0.25, 0.3) is 5.91 Å². The summed E-state index contributed by atoms with van der Waals surface area (Å²) < 4.78 is 1.25. The first-order chi connectivity index (χ1) is 13.7. The molecule has 2 aromatic carbocycles. The molecular weight excluding hydrogens is 366 g/mol. The summed E-state index contributed by atoms with van der Waals surface area (Å²) in [4.78, 5) is 24.6. The highest BCUT2D eigenvalue weighted by molar-refractivity contribution is 7.18. The first kappa shape index (κ1) is 17.3. The fraction of sp³-hybridized carbons (Fsp3) is 0.261. The third-order valence-corrected chi connectivity index (χ3v) is 6.72. The van der Waals surface area contributed by atoms with Crippen molar-refractivity contribution in [2.45, 2.75) is 25.7 Å². The van der Waals surface area contributed by atoms with E-state index < -0.39 is 0 Å². The molecule has 4 aromatic rings. The number of aryl methyl sites for hydroxylation is 1. The maximum atomic E-state index is 13.2. The van der Waals surface area contributed by atoms with E-state index in [1.807, 2.05) is 48.2 Å². The topological polar surface area (TPSA) is 46.1 Å². The molecule has 140 valence electrons. The van der Waals surface area contributed by atoms with E-state index in [1.165, 1.54) is 9.71 Å². The standard InChI is InChI=1S/C23H21N3OS/c1-15-14-18(17-6-2-3-7-19(17)24-15)23(27)26-12-10-16(11-13-26)22-25-20-8-4-5-9-21(20)28-22/h2-9,14,16H,10-13H2,1H3. The molecule has 0 saturated carbocycles. The van der Waals surface area contributed by atoms with Gasteiger partial charge in [-0.15, -0.1) is 11.3 Å². The highest BCUT2D eigenvalue weighted by atomic mass is 32.1. The van der Waals surface area contributed by atoms with Crippen LogP contribution in [0.25, 0.3) is 21.1 Å². The Kier molecular flexibility index (Phi) is 4.32. The zero-order valence-electron chi connectivity index (χ0n) is 15.8. The van der Waals surface area contributed by atoms with Crippen LogP contribution < -0.4 is 0 Å². The van der Waals surface area contributed by atoms with E-state index >= 15 is 0 Å². The minimum absolute atomic E-state index is 0.115. The lowest BCUT2D eigenvalue weighted by molar-refractivity contribution is 0.0715. The minimum atomic E-state index is 0.115. The van der Waals surface area contributed by atoms with Crippen LogP contribution in [0.3, 0.4) is 0 Å². The van der Waals surface area contributed by atoms with Gasteiger partial charge < -0.3 is 4.90 Å². The Bertz CT molecular complexity index is 1140. The molecule has 0 atom stereocenters. The minimum Gasteiger partial charge on any atom is -0.339 e.